The third kappa shape index (κ3) is 11.3. The number of piperazine rings is 2. The number of ether oxygens (including phenoxy) is 2. The lowest BCUT2D eigenvalue weighted by atomic mass is 10.3. The van der Waals surface area contributed by atoms with E-state index in [1.807, 2.05) is 29.2 Å². The van der Waals surface area contributed by atoms with Crippen LogP contribution in [-0.4, -0.2) is 106 Å². The van der Waals surface area contributed by atoms with Gasteiger partial charge in [0.25, 0.3) is 0 Å². The van der Waals surface area contributed by atoms with Crippen LogP contribution in [0.25, 0.3) is 0 Å². The SMILES string of the molecule is CCN1CCN(C(=O)Nc2ccc(OC)cc2)CC1.CCN1CCNCC1.COc1ccc(N=C=O)cc1. The molecule has 4 rings (SSSR count). The molecular weight excluding hydrogens is 484 g/mol. The fourth-order valence-corrected chi connectivity index (χ4v) is 3.88. The first-order valence-corrected chi connectivity index (χ1v) is 13.1. The molecule has 2 fully saturated rings. The van der Waals surface area contributed by atoms with Crippen LogP contribution in [0.15, 0.2) is 53.5 Å². The van der Waals surface area contributed by atoms with E-state index in [1.54, 1.807) is 38.5 Å². The number of benzene rings is 2. The summed E-state index contributed by atoms with van der Waals surface area (Å²) >= 11 is 0. The van der Waals surface area contributed by atoms with Crippen LogP contribution in [-0.2, 0) is 4.79 Å². The highest BCUT2D eigenvalue weighted by Gasteiger charge is 2.19. The Kier molecular flexibility index (Phi) is 14.5. The minimum Gasteiger partial charge on any atom is -0.497 e. The molecule has 2 aliphatic heterocycles. The third-order valence-electron chi connectivity index (χ3n) is 6.35. The van der Waals surface area contributed by atoms with Crippen molar-refractivity contribution in [3.05, 3.63) is 48.5 Å². The zero-order valence-electron chi connectivity index (χ0n) is 23.1. The third-order valence-corrected chi connectivity index (χ3v) is 6.35. The lowest BCUT2D eigenvalue weighted by Gasteiger charge is -2.33. The number of nitrogens with one attached hydrogen (secondary N) is 2. The molecule has 2 N–H and O–H groups in total. The van der Waals surface area contributed by atoms with Crippen molar-refractivity contribution < 1.29 is 19.1 Å². The Morgan fingerprint density at radius 3 is 1.79 bits per heavy atom. The summed E-state index contributed by atoms with van der Waals surface area (Å²) in [5.41, 5.74) is 1.38. The van der Waals surface area contributed by atoms with E-state index in [9.17, 15) is 9.59 Å². The van der Waals surface area contributed by atoms with Crippen molar-refractivity contribution in [3.8, 4) is 11.5 Å². The van der Waals surface area contributed by atoms with Crippen LogP contribution in [0.2, 0.25) is 0 Å². The molecule has 10 heteroatoms. The first kappa shape index (κ1) is 30.8. The molecule has 2 aromatic carbocycles. The van der Waals surface area contributed by atoms with Crippen molar-refractivity contribution >= 4 is 23.5 Å². The predicted octanol–water partition coefficient (Wildman–Crippen LogP) is 3.44. The monoisotopic (exact) mass is 526 g/mol. The molecule has 0 radical (unpaired) electrons. The summed E-state index contributed by atoms with van der Waals surface area (Å²) in [6.07, 6.45) is 1.46. The molecule has 2 amide bonds. The standard InChI is InChI=1S/C14H21N3O2.C8H7NO2.C6H14N2/c1-3-16-8-10-17(11-9-16)14(18)15-12-4-6-13(19-2)7-5-12;1-11-8-4-2-7(3-5-8)9-6-10;1-2-8-5-3-7-4-6-8/h4-7H,3,8-11H2,1-2H3,(H,15,18);2-5H,1H3;7H,2-6H2,1H3. The Balaban J connectivity index is 0.000000224. The van der Waals surface area contributed by atoms with Crippen LogP contribution in [0.3, 0.4) is 0 Å². The Labute approximate surface area is 226 Å². The Bertz CT molecular complexity index is 966. The molecule has 208 valence electrons. The number of nitrogens with zero attached hydrogens (tertiary/aromatic N) is 4. The van der Waals surface area contributed by atoms with Gasteiger partial charge in [-0.15, -0.1) is 0 Å². The number of hydrogen-bond donors (Lipinski definition) is 2. The molecule has 0 atom stereocenters. The van der Waals surface area contributed by atoms with Crippen LogP contribution in [0, 0.1) is 0 Å². The quantitative estimate of drug-likeness (QED) is 0.440. The molecule has 2 aromatic rings. The van der Waals surface area contributed by atoms with Crippen LogP contribution in [0.4, 0.5) is 16.2 Å². The summed E-state index contributed by atoms with van der Waals surface area (Å²) in [5.74, 6) is 1.53. The molecule has 2 saturated heterocycles. The smallest absolute Gasteiger partial charge is 0.321 e. The van der Waals surface area contributed by atoms with E-state index in [1.165, 1.54) is 38.8 Å². The van der Waals surface area contributed by atoms with Gasteiger partial charge in [-0.25, -0.2) is 9.59 Å². The minimum absolute atomic E-state index is 0.0269. The maximum absolute atomic E-state index is 12.1. The zero-order valence-corrected chi connectivity index (χ0v) is 23.1. The second-order valence-electron chi connectivity index (χ2n) is 8.67. The van der Waals surface area contributed by atoms with E-state index in [4.69, 9.17) is 9.47 Å². The predicted molar refractivity (Wildman–Crippen MR) is 151 cm³/mol. The van der Waals surface area contributed by atoms with Crippen LogP contribution < -0.4 is 20.1 Å². The normalized spacial score (nSPS) is 15.5. The van der Waals surface area contributed by atoms with Crippen molar-refractivity contribution in [1.82, 2.24) is 20.0 Å². The second kappa shape index (κ2) is 17.9. The highest BCUT2D eigenvalue weighted by molar-refractivity contribution is 5.89. The summed E-state index contributed by atoms with van der Waals surface area (Å²) < 4.78 is 9.99. The first-order chi connectivity index (χ1) is 18.5. The van der Waals surface area contributed by atoms with E-state index in [0.29, 0.717) is 5.69 Å². The van der Waals surface area contributed by atoms with E-state index >= 15 is 0 Å². The number of methoxy groups -OCH3 is 2. The van der Waals surface area contributed by atoms with E-state index in [-0.39, 0.29) is 6.03 Å². The molecule has 10 nitrogen and oxygen atoms in total. The van der Waals surface area contributed by atoms with Crippen molar-refractivity contribution in [2.45, 2.75) is 13.8 Å². The minimum atomic E-state index is -0.0269. The number of hydrogen-bond acceptors (Lipinski definition) is 8. The average Bonchev–Trinajstić information content (AvgIpc) is 2.99. The Morgan fingerprint density at radius 1 is 0.842 bits per heavy atom. The Morgan fingerprint density at radius 2 is 1.34 bits per heavy atom. The maximum atomic E-state index is 12.1. The van der Waals surface area contributed by atoms with Gasteiger partial charge in [-0.05, 0) is 61.6 Å². The van der Waals surface area contributed by atoms with Gasteiger partial charge in [0.2, 0.25) is 6.08 Å². The summed E-state index contributed by atoms with van der Waals surface area (Å²) in [6.45, 7) is 14.9. The van der Waals surface area contributed by atoms with Gasteiger partial charge in [-0.3, -0.25) is 0 Å². The molecule has 2 heterocycles. The Hall–Kier alpha value is -3.43. The van der Waals surface area contributed by atoms with Gasteiger partial charge in [0.15, 0.2) is 0 Å². The molecule has 2 aliphatic rings. The van der Waals surface area contributed by atoms with E-state index < -0.39 is 0 Å². The molecule has 0 spiro atoms. The summed E-state index contributed by atoms with van der Waals surface area (Å²) in [5, 5.41) is 6.22. The van der Waals surface area contributed by atoms with E-state index in [0.717, 1.165) is 49.9 Å². The topological polar surface area (TPSA) is 98.7 Å². The number of carbonyl (C=O) groups excluding carboxylic acids is 2. The summed E-state index contributed by atoms with van der Waals surface area (Å²) in [7, 11) is 3.21. The molecule has 0 aromatic heterocycles. The van der Waals surface area contributed by atoms with Gasteiger partial charge >= 0.3 is 6.03 Å². The maximum Gasteiger partial charge on any atom is 0.321 e. The zero-order chi connectivity index (χ0) is 27.6. The fourth-order valence-electron chi connectivity index (χ4n) is 3.88. The van der Waals surface area contributed by atoms with Gasteiger partial charge in [0.1, 0.15) is 11.5 Å². The van der Waals surface area contributed by atoms with Crippen LogP contribution >= 0.6 is 0 Å². The van der Waals surface area contributed by atoms with Crippen LogP contribution in [0.1, 0.15) is 13.8 Å². The number of anilines is 1. The van der Waals surface area contributed by atoms with E-state index in [2.05, 4.69) is 39.3 Å². The summed E-state index contributed by atoms with van der Waals surface area (Å²) in [6, 6.07) is 14.2. The van der Waals surface area contributed by atoms with Crippen molar-refractivity contribution in [2.24, 2.45) is 4.99 Å². The molecule has 0 saturated carbocycles. The molecule has 0 aliphatic carbocycles. The van der Waals surface area contributed by atoms with Gasteiger partial charge < -0.3 is 34.8 Å². The average molecular weight is 527 g/mol. The molecule has 0 unspecified atom stereocenters. The number of likely N-dealkylation sites (N-methyl/N-ethyl adjacent to an activating group) is 2. The lowest BCUT2D eigenvalue weighted by Crippen LogP contribution is -2.49. The molecule has 0 bridgehead atoms. The van der Waals surface area contributed by atoms with Gasteiger partial charge in [0, 0.05) is 58.0 Å². The summed E-state index contributed by atoms with van der Waals surface area (Å²) in [4.78, 5) is 32.0. The number of amides is 2. The van der Waals surface area contributed by atoms with Crippen molar-refractivity contribution in [2.75, 3.05) is 85.0 Å². The first-order valence-electron chi connectivity index (χ1n) is 13.1. The second-order valence-corrected chi connectivity index (χ2v) is 8.67. The largest absolute Gasteiger partial charge is 0.497 e. The number of urea groups is 1. The van der Waals surface area contributed by atoms with Crippen LogP contribution in [0.5, 0.6) is 11.5 Å². The number of rotatable bonds is 6. The molecular formula is C28H42N6O4. The number of aliphatic imine (C=N–C) groups is 1. The van der Waals surface area contributed by atoms with Crippen molar-refractivity contribution in [3.63, 3.8) is 0 Å². The van der Waals surface area contributed by atoms with Gasteiger partial charge in [0.05, 0.1) is 19.9 Å². The highest BCUT2D eigenvalue weighted by atomic mass is 16.5. The van der Waals surface area contributed by atoms with Gasteiger partial charge in [-0.2, -0.15) is 4.99 Å². The van der Waals surface area contributed by atoms with Gasteiger partial charge in [-0.1, -0.05) is 13.8 Å². The lowest BCUT2D eigenvalue weighted by molar-refractivity contribution is 0.151. The molecule has 38 heavy (non-hydrogen) atoms. The fraction of sp³-hybridized carbons (Fsp3) is 0.500. The van der Waals surface area contributed by atoms with Crippen molar-refractivity contribution in [1.29, 1.82) is 0 Å². The number of isocyanates is 1. The number of carbonyl (C=O) groups is 1. The highest BCUT2D eigenvalue weighted by Crippen LogP contribution is 2.17.